The second-order valence-electron chi connectivity index (χ2n) is 11.3. The third-order valence-corrected chi connectivity index (χ3v) is 7.67. The Kier molecular flexibility index (Phi) is 4.88. The van der Waals surface area contributed by atoms with Crippen LogP contribution in [0.15, 0.2) is 0 Å². The largest absolute Gasteiger partial charge is 0.375 e. The van der Waals surface area contributed by atoms with Crippen LogP contribution in [0, 0.1) is 22.7 Å². The van der Waals surface area contributed by atoms with Crippen molar-refractivity contribution >= 4 is 5.91 Å². The van der Waals surface area contributed by atoms with E-state index >= 15 is 0 Å². The number of rotatable bonds is 5. The van der Waals surface area contributed by atoms with Crippen LogP contribution in [0.4, 0.5) is 0 Å². The minimum absolute atomic E-state index is 0.0139. The van der Waals surface area contributed by atoms with Gasteiger partial charge in [0.15, 0.2) is 0 Å². The van der Waals surface area contributed by atoms with E-state index in [1.54, 1.807) is 7.11 Å². The van der Waals surface area contributed by atoms with Crippen LogP contribution in [-0.2, 0) is 14.3 Å². The highest BCUT2D eigenvalue weighted by Crippen LogP contribution is 2.56. The summed E-state index contributed by atoms with van der Waals surface area (Å²) in [6.45, 7) is 12.9. The van der Waals surface area contributed by atoms with E-state index in [1.165, 1.54) is 25.7 Å². The fraction of sp³-hybridized carbons (Fsp3) is 0.955. The van der Waals surface area contributed by atoms with Gasteiger partial charge in [0, 0.05) is 44.6 Å². The fourth-order valence-electron chi connectivity index (χ4n) is 7.24. The fourth-order valence-corrected chi connectivity index (χ4v) is 7.24. The molecule has 0 aromatic rings. The Morgan fingerprint density at radius 2 is 1.93 bits per heavy atom. The van der Waals surface area contributed by atoms with Crippen LogP contribution < -0.4 is 5.32 Å². The maximum Gasteiger partial charge on any atom is 0.245 e. The molecule has 1 saturated carbocycles. The van der Waals surface area contributed by atoms with Gasteiger partial charge in [-0.15, -0.1) is 0 Å². The quantitative estimate of drug-likeness (QED) is 0.799. The molecule has 4 fully saturated rings. The first kappa shape index (κ1) is 19.7. The molecule has 4 rings (SSSR count). The monoisotopic (exact) mass is 378 g/mol. The molecule has 154 valence electrons. The zero-order valence-electron chi connectivity index (χ0n) is 17.8. The molecular formula is C22H38N2O3. The predicted molar refractivity (Wildman–Crippen MR) is 105 cm³/mol. The SMILES string of the molecule is COCC(=O)NC[C@H]1[C@H]2CN(C3CC(C)(C)CC(C)(C)C3)C[C@]23CC[C@H]1O3. The number of carbonyl (C=O) groups is 1. The van der Waals surface area contributed by atoms with Gasteiger partial charge >= 0.3 is 0 Å². The van der Waals surface area contributed by atoms with Crippen molar-refractivity contribution in [2.45, 2.75) is 77.5 Å². The summed E-state index contributed by atoms with van der Waals surface area (Å²) in [7, 11) is 1.57. The van der Waals surface area contributed by atoms with Gasteiger partial charge < -0.3 is 14.8 Å². The summed E-state index contributed by atoms with van der Waals surface area (Å²) >= 11 is 0. The second kappa shape index (κ2) is 6.70. The lowest BCUT2D eigenvalue weighted by molar-refractivity contribution is -0.125. The number of nitrogens with one attached hydrogen (secondary N) is 1. The smallest absolute Gasteiger partial charge is 0.245 e. The van der Waals surface area contributed by atoms with Crippen molar-refractivity contribution in [1.29, 1.82) is 0 Å². The Morgan fingerprint density at radius 3 is 2.59 bits per heavy atom. The summed E-state index contributed by atoms with van der Waals surface area (Å²) in [5.41, 5.74) is 0.871. The molecule has 3 heterocycles. The van der Waals surface area contributed by atoms with Gasteiger partial charge in [0.05, 0.1) is 11.7 Å². The summed E-state index contributed by atoms with van der Waals surface area (Å²) in [6.07, 6.45) is 6.57. The topological polar surface area (TPSA) is 50.8 Å². The summed E-state index contributed by atoms with van der Waals surface area (Å²) in [5, 5.41) is 3.08. The molecule has 5 heteroatoms. The third-order valence-electron chi connectivity index (χ3n) is 7.67. The molecule has 1 aliphatic carbocycles. The first-order valence-electron chi connectivity index (χ1n) is 10.8. The van der Waals surface area contributed by atoms with E-state index in [9.17, 15) is 4.79 Å². The van der Waals surface area contributed by atoms with Crippen LogP contribution in [0.25, 0.3) is 0 Å². The highest BCUT2D eigenvalue weighted by atomic mass is 16.5. The molecular weight excluding hydrogens is 340 g/mol. The lowest BCUT2D eigenvalue weighted by atomic mass is 9.63. The van der Waals surface area contributed by atoms with Gasteiger partial charge in [-0.3, -0.25) is 9.69 Å². The van der Waals surface area contributed by atoms with Gasteiger partial charge in [-0.05, 0) is 42.9 Å². The number of carbonyl (C=O) groups excluding carboxylic acids is 1. The molecule has 1 spiro atoms. The number of hydrogen-bond acceptors (Lipinski definition) is 4. The van der Waals surface area contributed by atoms with Crippen LogP contribution in [-0.4, -0.2) is 61.9 Å². The summed E-state index contributed by atoms with van der Waals surface area (Å²) < 4.78 is 11.5. The number of nitrogens with zero attached hydrogens (tertiary/aromatic N) is 1. The molecule has 4 atom stereocenters. The molecule has 5 nitrogen and oxygen atoms in total. The summed E-state index contributed by atoms with van der Waals surface area (Å²) in [5.74, 6) is 1.00. The summed E-state index contributed by atoms with van der Waals surface area (Å²) in [6, 6.07) is 0.662. The second-order valence-corrected chi connectivity index (χ2v) is 11.3. The number of hydrogen-bond donors (Lipinski definition) is 1. The molecule has 0 aromatic heterocycles. The van der Waals surface area contributed by atoms with E-state index in [-0.39, 0.29) is 18.1 Å². The maximum atomic E-state index is 11.9. The molecule has 0 unspecified atom stereocenters. The first-order valence-corrected chi connectivity index (χ1v) is 10.8. The van der Waals surface area contributed by atoms with E-state index in [4.69, 9.17) is 9.47 Å². The minimum Gasteiger partial charge on any atom is -0.375 e. The van der Waals surface area contributed by atoms with E-state index in [1.807, 2.05) is 0 Å². The molecule has 27 heavy (non-hydrogen) atoms. The Labute approximate surface area is 164 Å². The van der Waals surface area contributed by atoms with Crippen molar-refractivity contribution in [1.82, 2.24) is 10.2 Å². The zero-order chi connectivity index (χ0) is 19.4. The standard InChI is InChI=1S/C22H38N2O3/c1-20(2)8-15(9-21(3,4)13-20)24-11-17-16(10-23-19(25)12-26-5)18-6-7-22(17,14-24)27-18/h15-18H,6-14H2,1-5H3,(H,23,25)/t16-,17+,18+,22+/m0/s1. The van der Waals surface area contributed by atoms with Gasteiger partial charge in [-0.1, -0.05) is 27.7 Å². The molecule has 0 radical (unpaired) electrons. The predicted octanol–water partition coefficient (Wildman–Crippen LogP) is 2.83. The number of methoxy groups -OCH3 is 1. The normalized spacial score (nSPS) is 40.3. The third kappa shape index (κ3) is 3.67. The van der Waals surface area contributed by atoms with Gasteiger partial charge in [-0.25, -0.2) is 0 Å². The van der Waals surface area contributed by atoms with Gasteiger partial charge in [0.1, 0.15) is 6.61 Å². The van der Waals surface area contributed by atoms with Gasteiger partial charge in [0.2, 0.25) is 5.91 Å². The number of ether oxygens (including phenoxy) is 2. The maximum absolute atomic E-state index is 11.9. The highest BCUT2D eigenvalue weighted by Gasteiger charge is 2.63. The number of amides is 1. The Morgan fingerprint density at radius 1 is 1.22 bits per heavy atom. The Bertz CT molecular complexity index is 574. The zero-order valence-corrected chi connectivity index (χ0v) is 17.8. The average molecular weight is 379 g/mol. The van der Waals surface area contributed by atoms with Crippen molar-refractivity contribution in [3.8, 4) is 0 Å². The van der Waals surface area contributed by atoms with Crippen LogP contribution >= 0.6 is 0 Å². The minimum atomic E-state index is -0.0139. The first-order chi connectivity index (χ1) is 12.6. The average Bonchev–Trinajstić information content (AvgIpc) is 3.18. The van der Waals surface area contributed by atoms with Crippen molar-refractivity contribution < 1.29 is 14.3 Å². The molecule has 3 aliphatic heterocycles. The molecule has 2 bridgehead atoms. The van der Waals surface area contributed by atoms with Crippen LogP contribution in [0.3, 0.4) is 0 Å². The molecule has 1 amide bonds. The lowest BCUT2D eigenvalue weighted by Crippen LogP contribution is -2.47. The Balaban J connectivity index is 1.44. The van der Waals surface area contributed by atoms with Crippen LogP contribution in [0.5, 0.6) is 0 Å². The molecule has 0 aromatic carbocycles. The van der Waals surface area contributed by atoms with E-state index in [0.29, 0.717) is 34.8 Å². The van der Waals surface area contributed by atoms with Crippen LogP contribution in [0.2, 0.25) is 0 Å². The van der Waals surface area contributed by atoms with Crippen molar-refractivity contribution in [3.63, 3.8) is 0 Å². The van der Waals surface area contributed by atoms with E-state index in [0.717, 1.165) is 26.1 Å². The van der Waals surface area contributed by atoms with E-state index < -0.39 is 0 Å². The van der Waals surface area contributed by atoms with E-state index in [2.05, 4.69) is 37.9 Å². The highest BCUT2D eigenvalue weighted by molar-refractivity contribution is 5.77. The van der Waals surface area contributed by atoms with Crippen molar-refractivity contribution in [3.05, 3.63) is 0 Å². The summed E-state index contributed by atoms with van der Waals surface area (Å²) in [4.78, 5) is 14.6. The van der Waals surface area contributed by atoms with Crippen molar-refractivity contribution in [2.75, 3.05) is 33.4 Å². The molecule has 4 aliphatic rings. The molecule has 3 saturated heterocycles. The van der Waals surface area contributed by atoms with Gasteiger partial charge in [-0.2, -0.15) is 0 Å². The Hall–Kier alpha value is -0.650. The van der Waals surface area contributed by atoms with Crippen LogP contribution in [0.1, 0.15) is 59.8 Å². The number of fused-ring (bicyclic) bond motifs is 1. The van der Waals surface area contributed by atoms with Crippen molar-refractivity contribution in [2.24, 2.45) is 22.7 Å². The lowest BCUT2D eigenvalue weighted by Gasteiger charge is -2.48. The number of likely N-dealkylation sites (tertiary alicyclic amines) is 1. The van der Waals surface area contributed by atoms with Gasteiger partial charge in [0.25, 0.3) is 0 Å². The molecule has 1 N–H and O–H groups in total.